The number of amides is 1. The standard InChI is InChI=1S/C14H24N2O3.ClH/c1-2-19-13(18)14(7-4-3-5-8-14)16-12(17)11-6-9-15-10-11;/h11,15H,2-10H2,1H3,(H,16,17);1H. The van der Waals surface area contributed by atoms with Gasteiger partial charge in [0, 0.05) is 6.54 Å². The average molecular weight is 305 g/mol. The average Bonchev–Trinajstić information content (AvgIpc) is 2.94. The molecule has 20 heavy (non-hydrogen) atoms. The van der Waals surface area contributed by atoms with Crippen LogP contribution in [-0.4, -0.2) is 37.1 Å². The molecule has 1 saturated carbocycles. The van der Waals surface area contributed by atoms with Gasteiger partial charge in [0.25, 0.3) is 0 Å². The summed E-state index contributed by atoms with van der Waals surface area (Å²) in [6.45, 7) is 3.76. The fraction of sp³-hybridized carbons (Fsp3) is 0.857. The van der Waals surface area contributed by atoms with Crippen LogP contribution in [0.4, 0.5) is 0 Å². The zero-order valence-corrected chi connectivity index (χ0v) is 12.9. The molecule has 1 aliphatic carbocycles. The van der Waals surface area contributed by atoms with Crippen LogP contribution in [0.15, 0.2) is 0 Å². The topological polar surface area (TPSA) is 67.4 Å². The van der Waals surface area contributed by atoms with E-state index in [9.17, 15) is 9.59 Å². The molecular weight excluding hydrogens is 280 g/mol. The number of hydrogen-bond donors (Lipinski definition) is 2. The van der Waals surface area contributed by atoms with Crippen molar-refractivity contribution in [3.8, 4) is 0 Å². The largest absolute Gasteiger partial charge is 0.464 e. The highest BCUT2D eigenvalue weighted by molar-refractivity contribution is 5.89. The van der Waals surface area contributed by atoms with E-state index >= 15 is 0 Å². The molecule has 2 fully saturated rings. The summed E-state index contributed by atoms with van der Waals surface area (Å²) in [6, 6.07) is 0. The fourth-order valence-corrected chi connectivity index (χ4v) is 3.02. The van der Waals surface area contributed by atoms with Crippen LogP contribution in [0.25, 0.3) is 0 Å². The Labute approximate surface area is 126 Å². The van der Waals surface area contributed by atoms with Crippen LogP contribution in [0.1, 0.15) is 45.4 Å². The minimum atomic E-state index is -0.770. The minimum absolute atomic E-state index is 0. The predicted octanol–water partition coefficient (Wildman–Crippen LogP) is 1.40. The van der Waals surface area contributed by atoms with Gasteiger partial charge in [0.1, 0.15) is 5.54 Å². The number of carbonyl (C=O) groups excluding carboxylic acids is 2. The Bertz CT molecular complexity index is 337. The van der Waals surface area contributed by atoms with Crippen LogP contribution < -0.4 is 10.6 Å². The molecule has 2 rings (SSSR count). The second-order valence-corrected chi connectivity index (χ2v) is 5.54. The van der Waals surface area contributed by atoms with Gasteiger partial charge in [0.2, 0.25) is 5.91 Å². The molecule has 6 heteroatoms. The van der Waals surface area contributed by atoms with E-state index in [0.717, 1.165) is 32.2 Å². The molecule has 2 aliphatic rings. The summed E-state index contributed by atoms with van der Waals surface area (Å²) in [5, 5.41) is 6.19. The lowest BCUT2D eigenvalue weighted by atomic mass is 9.81. The fourth-order valence-electron chi connectivity index (χ4n) is 3.02. The third-order valence-corrected chi connectivity index (χ3v) is 4.17. The molecule has 116 valence electrons. The zero-order valence-electron chi connectivity index (χ0n) is 12.1. The molecule has 5 nitrogen and oxygen atoms in total. The van der Waals surface area contributed by atoms with Crippen molar-refractivity contribution in [1.82, 2.24) is 10.6 Å². The molecule has 1 aliphatic heterocycles. The summed E-state index contributed by atoms with van der Waals surface area (Å²) >= 11 is 0. The Hall–Kier alpha value is -0.810. The Balaban J connectivity index is 0.00000200. The van der Waals surface area contributed by atoms with E-state index in [1.54, 1.807) is 6.92 Å². The van der Waals surface area contributed by atoms with E-state index in [2.05, 4.69) is 10.6 Å². The van der Waals surface area contributed by atoms with Gasteiger partial charge in [-0.15, -0.1) is 12.4 Å². The van der Waals surface area contributed by atoms with Crippen LogP contribution in [0.2, 0.25) is 0 Å². The van der Waals surface area contributed by atoms with E-state index in [1.165, 1.54) is 0 Å². The number of hydrogen-bond acceptors (Lipinski definition) is 4. The molecular formula is C14H25ClN2O3. The first kappa shape index (κ1) is 17.2. The van der Waals surface area contributed by atoms with Crippen LogP contribution in [0.3, 0.4) is 0 Å². The Kier molecular flexibility index (Phi) is 6.76. The molecule has 0 spiro atoms. The molecule has 1 amide bonds. The van der Waals surface area contributed by atoms with E-state index in [0.29, 0.717) is 26.0 Å². The van der Waals surface area contributed by atoms with E-state index in [-0.39, 0.29) is 30.2 Å². The Morgan fingerprint density at radius 2 is 2.00 bits per heavy atom. The number of esters is 1. The summed E-state index contributed by atoms with van der Waals surface area (Å²) in [4.78, 5) is 24.5. The molecule has 0 aromatic rings. The van der Waals surface area contributed by atoms with Crippen LogP contribution in [0.5, 0.6) is 0 Å². The van der Waals surface area contributed by atoms with E-state index in [4.69, 9.17) is 4.74 Å². The first-order chi connectivity index (χ1) is 9.18. The van der Waals surface area contributed by atoms with Gasteiger partial charge in [-0.2, -0.15) is 0 Å². The summed E-state index contributed by atoms with van der Waals surface area (Å²) in [7, 11) is 0. The summed E-state index contributed by atoms with van der Waals surface area (Å²) in [6.07, 6.45) is 5.34. The Morgan fingerprint density at radius 1 is 1.30 bits per heavy atom. The molecule has 0 aromatic carbocycles. The highest BCUT2D eigenvalue weighted by Gasteiger charge is 2.43. The van der Waals surface area contributed by atoms with Gasteiger partial charge in [-0.05, 0) is 32.7 Å². The highest BCUT2D eigenvalue weighted by atomic mass is 35.5. The summed E-state index contributed by atoms with van der Waals surface area (Å²) in [5.41, 5.74) is -0.770. The monoisotopic (exact) mass is 304 g/mol. The van der Waals surface area contributed by atoms with Crippen LogP contribution in [0, 0.1) is 5.92 Å². The van der Waals surface area contributed by atoms with Gasteiger partial charge in [-0.25, -0.2) is 4.79 Å². The van der Waals surface area contributed by atoms with Gasteiger partial charge in [-0.3, -0.25) is 4.79 Å². The van der Waals surface area contributed by atoms with Crippen LogP contribution >= 0.6 is 12.4 Å². The molecule has 1 unspecified atom stereocenters. The second kappa shape index (κ2) is 7.84. The van der Waals surface area contributed by atoms with Crippen molar-refractivity contribution in [2.75, 3.05) is 19.7 Å². The summed E-state index contributed by atoms with van der Waals surface area (Å²) < 4.78 is 5.18. The van der Waals surface area contributed by atoms with Gasteiger partial charge >= 0.3 is 5.97 Å². The normalized spacial score (nSPS) is 24.6. The van der Waals surface area contributed by atoms with Gasteiger partial charge in [-0.1, -0.05) is 19.3 Å². The lowest BCUT2D eigenvalue weighted by Crippen LogP contribution is -2.57. The SMILES string of the molecule is CCOC(=O)C1(NC(=O)C2CCNC2)CCCCC1.Cl. The molecule has 0 aromatic heterocycles. The van der Waals surface area contributed by atoms with E-state index < -0.39 is 5.54 Å². The second-order valence-electron chi connectivity index (χ2n) is 5.54. The van der Waals surface area contributed by atoms with Gasteiger partial charge < -0.3 is 15.4 Å². The molecule has 2 N–H and O–H groups in total. The maximum atomic E-state index is 12.3. The van der Waals surface area contributed by atoms with Crippen molar-refractivity contribution >= 4 is 24.3 Å². The quantitative estimate of drug-likeness (QED) is 0.771. The lowest BCUT2D eigenvalue weighted by molar-refractivity contribution is -0.155. The Morgan fingerprint density at radius 3 is 2.55 bits per heavy atom. The lowest BCUT2D eigenvalue weighted by Gasteiger charge is -2.36. The molecule has 1 heterocycles. The van der Waals surface area contributed by atoms with Crippen LogP contribution in [-0.2, 0) is 14.3 Å². The van der Waals surface area contributed by atoms with Crippen molar-refractivity contribution in [1.29, 1.82) is 0 Å². The first-order valence-corrected chi connectivity index (χ1v) is 7.38. The van der Waals surface area contributed by atoms with Crippen molar-refractivity contribution in [3.05, 3.63) is 0 Å². The molecule has 0 bridgehead atoms. The van der Waals surface area contributed by atoms with Gasteiger partial charge in [0.15, 0.2) is 0 Å². The van der Waals surface area contributed by atoms with E-state index in [1.807, 2.05) is 0 Å². The minimum Gasteiger partial charge on any atom is -0.464 e. The third kappa shape index (κ3) is 3.85. The number of rotatable bonds is 4. The van der Waals surface area contributed by atoms with Crippen molar-refractivity contribution in [3.63, 3.8) is 0 Å². The molecule has 0 radical (unpaired) electrons. The number of halogens is 1. The molecule has 1 atom stereocenters. The summed E-state index contributed by atoms with van der Waals surface area (Å²) in [5.74, 6) is -0.262. The number of carbonyl (C=O) groups is 2. The maximum absolute atomic E-state index is 12.3. The smallest absolute Gasteiger partial charge is 0.331 e. The van der Waals surface area contributed by atoms with Crippen molar-refractivity contribution < 1.29 is 14.3 Å². The predicted molar refractivity (Wildman–Crippen MR) is 78.8 cm³/mol. The first-order valence-electron chi connectivity index (χ1n) is 7.38. The maximum Gasteiger partial charge on any atom is 0.331 e. The third-order valence-electron chi connectivity index (χ3n) is 4.17. The number of nitrogens with one attached hydrogen (secondary N) is 2. The van der Waals surface area contributed by atoms with Crippen molar-refractivity contribution in [2.24, 2.45) is 5.92 Å². The van der Waals surface area contributed by atoms with Crippen molar-refractivity contribution in [2.45, 2.75) is 51.0 Å². The molecule has 1 saturated heterocycles. The number of ether oxygens (including phenoxy) is 1. The zero-order chi connectivity index (χ0) is 13.7. The highest BCUT2D eigenvalue weighted by Crippen LogP contribution is 2.30. The van der Waals surface area contributed by atoms with Gasteiger partial charge in [0.05, 0.1) is 12.5 Å².